The molecule has 0 atom stereocenters. The Kier molecular flexibility index (Phi) is 7.82. The summed E-state index contributed by atoms with van der Waals surface area (Å²) in [6, 6.07) is 78.2. The van der Waals surface area contributed by atoms with Gasteiger partial charge in [-0.2, -0.15) is 0 Å². The van der Waals surface area contributed by atoms with Crippen LogP contribution in [0.3, 0.4) is 0 Å². The molecule has 11 rings (SSSR count). The number of rotatable bonds is 7. The number of fused-ring (bicyclic) bond motifs is 6. The van der Waals surface area contributed by atoms with Crippen LogP contribution in [0.4, 0.5) is 17.1 Å². The van der Waals surface area contributed by atoms with E-state index in [1.807, 2.05) is 12.1 Å². The van der Waals surface area contributed by atoms with Crippen LogP contribution in [-0.2, 0) is 0 Å². The Morgan fingerprint density at radius 2 is 0.877 bits per heavy atom. The molecule has 0 saturated carbocycles. The third-order valence-corrected chi connectivity index (χ3v) is 11.2. The molecule has 0 fully saturated rings. The zero-order chi connectivity index (χ0) is 37.7. The van der Waals surface area contributed by atoms with E-state index in [2.05, 4.69) is 216 Å². The van der Waals surface area contributed by atoms with Gasteiger partial charge in [0.2, 0.25) is 0 Å². The van der Waals surface area contributed by atoms with Crippen LogP contribution in [0.1, 0.15) is 0 Å². The normalized spacial score (nSPS) is 11.5. The van der Waals surface area contributed by atoms with Gasteiger partial charge in [-0.25, -0.2) is 0 Å². The predicted octanol–water partition coefficient (Wildman–Crippen LogP) is 15.2. The molecule has 0 saturated heterocycles. The summed E-state index contributed by atoms with van der Waals surface area (Å²) in [7, 11) is 0. The largest absolute Gasteiger partial charge is 0.456 e. The van der Waals surface area contributed by atoms with Crippen LogP contribution in [0.2, 0.25) is 0 Å². The minimum absolute atomic E-state index is 0.876. The number of benzene rings is 9. The van der Waals surface area contributed by atoms with Crippen molar-refractivity contribution in [2.24, 2.45) is 0 Å². The number of para-hydroxylation sites is 5. The Hall–Kier alpha value is -7.62. The highest BCUT2D eigenvalue weighted by atomic mass is 16.3. The van der Waals surface area contributed by atoms with Crippen molar-refractivity contribution in [3.8, 4) is 39.1 Å². The Morgan fingerprint density at radius 1 is 0.333 bits per heavy atom. The van der Waals surface area contributed by atoms with Crippen LogP contribution in [0.5, 0.6) is 0 Å². The van der Waals surface area contributed by atoms with Gasteiger partial charge in [0.15, 0.2) is 0 Å². The highest BCUT2D eigenvalue weighted by molar-refractivity contribution is 6.09. The van der Waals surface area contributed by atoms with Gasteiger partial charge in [-0.15, -0.1) is 0 Å². The second-order valence-electron chi connectivity index (χ2n) is 14.5. The van der Waals surface area contributed by atoms with Crippen LogP contribution in [0.25, 0.3) is 82.8 Å². The van der Waals surface area contributed by atoms with Crippen molar-refractivity contribution in [3.63, 3.8) is 0 Å². The van der Waals surface area contributed by atoms with Crippen LogP contribution in [0.15, 0.2) is 223 Å². The fourth-order valence-corrected chi connectivity index (χ4v) is 8.60. The summed E-state index contributed by atoms with van der Waals surface area (Å²) in [5.74, 6) is 0. The predicted molar refractivity (Wildman–Crippen MR) is 239 cm³/mol. The van der Waals surface area contributed by atoms with Gasteiger partial charge in [-0.1, -0.05) is 152 Å². The van der Waals surface area contributed by atoms with Crippen molar-refractivity contribution >= 4 is 60.8 Å². The number of hydrogen-bond acceptors (Lipinski definition) is 2. The third-order valence-electron chi connectivity index (χ3n) is 11.2. The lowest BCUT2D eigenvalue weighted by molar-refractivity contribution is 0.669. The molecule has 0 N–H and O–H groups in total. The summed E-state index contributed by atoms with van der Waals surface area (Å²) < 4.78 is 8.81. The standard InChI is InChI=1S/C54H36N2O/c1-2-16-37(17-3-1)38-18-14-19-39(34-38)43-22-4-9-27-49(43)55(41-20-15-21-42(36-41)56-51-29-11-6-24-45(51)46-25-7-12-30-52(46)56)50-28-10-5-23-44(50)40-32-33-48-47-26-8-13-31-53(47)57-54(48)35-40/h1-36H. The Morgan fingerprint density at radius 3 is 1.61 bits per heavy atom. The molecule has 3 nitrogen and oxygen atoms in total. The van der Waals surface area contributed by atoms with Crippen molar-refractivity contribution in [1.29, 1.82) is 0 Å². The van der Waals surface area contributed by atoms with E-state index in [9.17, 15) is 0 Å². The molecule has 0 aliphatic carbocycles. The van der Waals surface area contributed by atoms with Gasteiger partial charge in [0, 0.05) is 44.0 Å². The number of hydrogen-bond donors (Lipinski definition) is 0. The minimum atomic E-state index is 0.876. The summed E-state index contributed by atoms with van der Waals surface area (Å²) in [6.45, 7) is 0. The van der Waals surface area contributed by atoms with Gasteiger partial charge in [-0.05, 0) is 89.0 Å². The molecule has 268 valence electrons. The molecular formula is C54H36N2O. The second-order valence-corrected chi connectivity index (χ2v) is 14.5. The topological polar surface area (TPSA) is 21.3 Å². The SMILES string of the molecule is c1ccc(-c2cccc(-c3ccccc3N(c3cccc(-n4c5ccccc5c5ccccc54)c3)c3ccccc3-c3ccc4c(c3)oc3ccccc34)c2)cc1. The zero-order valence-corrected chi connectivity index (χ0v) is 31.1. The molecule has 0 unspecified atom stereocenters. The monoisotopic (exact) mass is 728 g/mol. The molecule has 57 heavy (non-hydrogen) atoms. The number of nitrogens with zero attached hydrogens (tertiary/aromatic N) is 2. The maximum absolute atomic E-state index is 6.42. The molecule has 3 heteroatoms. The number of anilines is 3. The summed E-state index contributed by atoms with van der Waals surface area (Å²) in [5, 5.41) is 4.73. The molecule has 2 heterocycles. The quantitative estimate of drug-likeness (QED) is 0.163. The second kappa shape index (κ2) is 13.6. The van der Waals surface area contributed by atoms with E-state index in [-0.39, 0.29) is 0 Å². The summed E-state index contributed by atoms with van der Waals surface area (Å²) in [4.78, 5) is 2.43. The van der Waals surface area contributed by atoms with E-state index in [4.69, 9.17) is 4.42 Å². The van der Waals surface area contributed by atoms with Gasteiger partial charge in [-0.3, -0.25) is 0 Å². The first-order valence-corrected chi connectivity index (χ1v) is 19.4. The average Bonchev–Trinajstić information content (AvgIpc) is 3.83. The minimum Gasteiger partial charge on any atom is -0.456 e. The van der Waals surface area contributed by atoms with Crippen LogP contribution >= 0.6 is 0 Å². The first-order chi connectivity index (χ1) is 28.3. The van der Waals surface area contributed by atoms with Gasteiger partial charge >= 0.3 is 0 Å². The molecule has 0 aliphatic rings. The van der Waals surface area contributed by atoms with Crippen molar-refractivity contribution in [1.82, 2.24) is 4.57 Å². The van der Waals surface area contributed by atoms with Gasteiger partial charge in [0.25, 0.3) is 0 Å². The van der Waals surface area contributed by atoms with Crippen molar-refractivity contribution in [2.75, 3.05) is 4.90 Å². The van der Waals surface area contributed by atoms with E-state index in [0.717, 1.165) is 66.9 Å². The van der Waals surface area contributed by atoms with Gasteiger partial charge < -0.3 is 13.9 Å². The van der Waals surface area contributed by atoms with Gasteiger partial charge in [0.05, 0.1) is 22.4 Å². The molecule has 9 aromatic carbocycles. The summed E-state index contributed by atoms with van der Waals surface area (Å²) >= 11 is 0. The molecule has 0 radical (unpaired) electrons. The average molecular weight is 729 g/mol. The fraction of sp³-hybridized carbons (Fsp3) is 0. The smallest absolute Gasteiger partial charge is 0.136 e. The lowest BCUT2D eigenvalue weighted by atomic mass is 9.96. The van der Waals surface area contributed by atoms with Gasteiger partial charge in [0.1, 0.15) is 11.2 Å². The number of aromatic nitrogens is 1. The fourth-order valence-electron chi connectivity index (χ4n) is 8.60. The van der Waals surface area contributed by atoms with E-state index in [1.165, 1.54) is 32.9 Å². The Labute approximate surface area is 330 Å². The first-order valence-electron chi connectivity index (χ1n) is 19.4. The molecule has 0 aliphatic heterocycles. The van der Waals surface area contributed by atoms with Crippen molar-refractivity contribution in [3.05, 3.63) is 218 Å². The van der Waals surface area contributed by atoms with Crippen LogP contribution < -0.4 is 4.90 Å². The summed E-state index contributed by atoms with van der Waals surface area (Å²) in [5.41, 5.74) is 15.3. The molecular weight excluding hydrogens is 693 g/mol. The Balaban J connectivity index is 1.14. The maximum atomic E-state index is 6.42. The highest BCUT2D eigenvalue weighted by Crippen LogP contribution is 2.46. The molecule has 11 aromatic rings. The van der Waals surface area contributed by atoms with E-state index >= 15 is 0 Å². The van der Waals surface area contributed by atoms with E-state index < -0.39 is 0 Å². The lowest BCUT2D eigenvalue weighted by Gasteiger charge is -2.30. The van der Waals surface area contributed by atoms with E-state index in [1.54, 1.807) is 0 Å². The molecule has 0 bridgehead atoms. The lowest BCUT2D eigenvalue weighted by Crippen LogP contribution is -2.13. The Bertz CT molecular complexity index is 3210. The van der Waals surface area contributed by atoms with Crippen molar-refractivity contribution in [2.45, 2.75) is 0 Å². The van der Waals surface area contributed by atoms with Crippen LogP contribution in [-0.4, -0.2) is 4.57 Å². The molecule has 2 aromatic heterocycles. The van der Waals surface area contributed by atoms with Crippen LogP contribution in [0, 0.1) is 0 Å². The maximum Gasteiger partial charge on any atom is 0.136 e. The van der Waals surface area contributed by atoms with E-state index in [0.29, 0.717) is 0 Å². The number of furan rings is 1. The van der Waals surface area contributed by atoms with Crippen molar-refractivity contribution < 1.29 is 4.42 Å². The first kappa shape index (κ1) is 32.8. The summed E-state index contributed by atoms with van der Waals surface area (Å²) in [6.07, 6.45) is 0. The molecule has 0 spiro atoms. The highest BCUT2D eigenvalue weighted by Gasteiger charge is 2.22. The zero-order valence-electron chi connectivity index (χ0n) is 31.1. The molecule has 0 amide bonds. The third kappa shape index (κ3) is 5.60.